The third kappa shape index (κ3) is 3.92. The maximum absolute atomic E-state index is 12.9. The van der Waals surface area contributed by atoms with Gasteiger partial charge in [-0.1, -0.05) is 10.3 Å². The topological polar surface area (TPSA) is 112 Å². The van der Waals surface area contributed by atoms with Crippen molar-refractivity contribution in [1.82, 2.24) is 19.6 Å². The molecule has 0 aromatic carbocycles. The Morgan fingerprint density at radius 3 is 2.48 bits per heavy atom. The van der Waals surface area contributed by atoms with E-state index < -0.39 is 10.0 Å². The van der Waals surface area contributed by atoms with Gasteiger partial charge in [-0.25, -0.2) is 8.42 Å². The van der Waals surface area contributed by atoms with Crippen molar-refractivity contribution in [3.8, 4) is 0 Å². The lowest BCUT2D eigenvalue weighted by Gasteiger charge is -2.29. The van der Waals surface area contributed by atoms with Gasteiger partial charge in [0.25, 0.3) is 5.89 Å². The first-order chi connectivity index (χ1) is 12.9. The minimum Gasteiger partial charge on any atom is -0.371 e. The summed E-state index contributed by atoms with van der Waals surface area (Å²) >= 11 is 0. The van der Waals surface area contributed by atoms with Crippen LogP contribution in [0.5, 0.6) is 0 Å². The van der Waals surface area contributed by atoms with E-state index >= 15 is 0 Å². The van der Waals surface area contributed by atoms with E-state index in [4.69, 9.17) is 13.8 Å². The van der Waals surface area contributed by atoms with E-state index in [-0.39, 0.29) is 10.8 Å². The molecule has 1 aliphatic carbocycles. The van der Waals surface area contributed by atoms with Crippen LogP contribution in [-0.2, 0) is 21.4 Å². The first kappa shape index (κ1) is 18.6. The van der Waals surface area contributed by atoms with Crippen molar-refractivity contribution in [2.45, 2.75) is 57.0 Å². The van der Waals surface area contributed by atoms with Gasteiger partial charge in [-0.15, -0.1) is 0 Å². The molecule has 0 N–H and O–H groups in total. The monoisotopic (exact) mass is 396 g/mol. The third-order valence-corrected chi connectivity index (χ3v) is 7.29. The zero-order valence-corrected chi connectivity index (χ0v) is 16.4. The predicted molar refractivity (Wildman–Crippen MR) is 93.4 cm³/mol. The highest BCUT2D eigenvalue weighted by Gasteiger charge is 2.35. The van der Waals surface area contributed by atoms with Gasteiger partial charge in [0.1, 0.15) is 17.2 Å². The molecule has 0 radical (unpaired) electrons. The fraction of sp³-hybridized carbons (Fsp3) is 0.706. The Balaban J connectivity index is 1.35. The second-order valence-corrected chi connectivity index (χ2v) is 9.21. The lowest BCUT2D eigenvalue weighted by atomic mass is 9.98. The van der Waals surface area contributed by atoms with Crippen LogP contribution in [0.4, 0.5) is 0 Å². The number of hydrogen-bond donors (Lipinski definition) is 0. The van der Waals surface area contributed by atoms with Crippen molar-refractivity contribution < 1.29 is 22.2 Å². The van der Waals surface area contributed by atoms with Crippen LogP contribution in [0.3, 0.4) is 0 Å². The Hall–Kier alpha value is -1.78. The molecule has 2 fully saturated rings. The van der Waals surface area contributed by atoms with Crippen LogP contribution in [0.1, 0.15) is 54.8 Å². The van der Waals surface area contributed by atoms with E-state index in [0.29, 0.717) is 61.6 Å². The smallest absolute Gasteiger partial charge is 0.252 e. The van der Waals surface area contributed by atoms with E-state index in [1.165, 1.54) is 17.1 Å². The molecule has 1 saturated heterocycles. The fourth-order valence-electron chi connectivity index (χ4n) is 3.42. The molecule has 1 aliphatic heterocycles. The molecule has 0 bridgehead atoms. The van der Waals surface area contributed by atoms with E-state index in [0.717, 1.165) is 6.61 Å². The van der Waals surface area contributed by atoms with Crippen LogP contribution in [-0.4, -0.2) is 47.7 Å². The van der Waals surface area contributed by atoms with E-state index in [9.17, 15) is 8.42 Å². The average Bonchev–Trinajstić information content (AvgIpc) is 3.23. The van der Waals surface area contributed by atoms with Crippen LogP contribution in [0, 0.1) is 19.8 Å². The summed E-state index contributed by atoms with van der Waals surface area (Å²) in [5.41, 5.74) is 0.392. The molecule has 4 rings (SSSR count). The van der Waals surface area contributed by atoms with Gasteiger partial charge in [-0.3, -0.25) is 0 Å². The molecule has 0 spiro atoms. The van der Waals surface area contributed by atoms with Crippen molar-refractivity contribution in [1.29, 1.82) is 0 Å². The molecule has 148 valence electrons. The zero-order valence-electron chi connectivity index (χ0n) is 15.5. The first-order valence-corrected chi connectivity index (χ1v) is 10.7. The average molecular weight is 396 g/mol. The van der Waals surface area contributed by atoms with Gasteiger partial charge < -0.3 is 13.8 Å². The maximum atomic E-state index is 12.9. The molecule has 9 nitrogen and oxygen atoms in total. The van der Waals surface area contributed by atoms with Gasteiger partial charge >= 0.3 is 0 Å². The zero-order chi connectivity index (χ0) is 19.0. The summed E-state index contributed by atoms with van der Waals surface area (Å²) in [6, 6.07) is 0. The third-order valence-electron chi connectivity index (χ3n) is 5.14. The number of aryl methyl sites for hydroxylation is 2. The molecule has 2 aliphatic rings. The van der Waals surface area contributed by atoms with Crippen molar-refractivity contribution >= 4 is 10.0 Å². The standard InChI is InChI=1S/C17H24N4O5S/c1-11-16(12(2)25-19-11)27(22,23)21-7-5-14(6-8-21)17-18-15(26-20-17)10-24-9-13-3-4-13/h13-14H,3-10H2,1-2H3. The molecule has 27 heavy (non-hydrogen) atoms. The second kappa shape index (κ2) is 7.33. The van der Waals surface area contributed by atoms with Gasteiger partial charge in [-0.2, -0.15) is 9.29 Å². The molecule has 1 saturated carbocycles. The molecular formula is C17H24N4O5S. The normalized spacial score (nSPS) is 19.6. The van der Waals surface area contributed by atoms with E-state index in [2.05, 4.69) is 15.3 Å². The molecule has 3 heterocycles. The largest absolute Gasteiger partial charge is 0.371 e. The Morgan fingerprint density at radius 1 is 1.11 bits per heavy atom. The van der Waals surface area contributed by atoms with Crippen LogP contribution < -0.4 is 0 Å². The Bertz CT molecular complexity index is 875. The summed E-state index contributed by atoms with van der Waals surface area (Å²) in [6.45, 7) is 5.14. The molecule has 0 atom stereocenters. The first-order valence-electron chi connectivity index (χ1n) is 9.28. The number of sulfonamides is 1. The Labute approximate surface area is 158 Å². The number of ether oxygens (including phenoxy) is 1. The van der Waals surface area contributed by atoms with Crippen LogP contribution in [0.25, 0.3) is 0 Å². The molecule has 2 aromatic rings. The van der Waals surface area contributed by atoms with Gasteiger partial charge in [-0.05, 0) is 45.4 Å². The summed E-state index contributed by atoms with van der Waals surface area (Å²) < 4.78 is 43.1. The fourth-order valence-corrected chi connectivity index (χ4v) is 5.18. The number of piperidine rings is 1. The molecule has 2 aromatic heterocycles. The van der Waals surface area contributed by atoms with Crippen LogP contribution in [0.15, 0.2) is 13.9 Å². The van der Waals surface area contributed by atoms with Gasteiger partial charge in [0.05, 0.1) is 6.61 Å². The summed E-state index contributed by atoms with van der Waals surface area (Å²) in [5, 5.41) is 7.82. The van der Waals surface area contributed by atoms with Crippen LogP contribution in [0.2, 0.25) is 0 Å². The van der Waals surface area contributed by atoms with Crippen molar-refractivity contribution in [2.24, 2.45) is 5.92 Å². The van der Waals surface area contributed by atoms with Gasteiger partial charge in [0.15, 0.2) is 11.6 Å². The maximum Gasteiger partial charge on any atom is 0.252 e. The summed E-state index contributed by atoms with van der Waals surface area (Å²) in [7, 11) is -3.60. The molecule has 10 heteroatoms. The molecule has 0 amide bonds. The summed E-state index contributed by atoms with van der Waals surface area (Å²) in [5.74, 6) is 2.22. The van der Waals surface area contributed by atoms with Crippen molar-refractivity contribution in [3.63, 3.8) is 0 Å². The van der Waals surface area contributed by atoms with E-state index in [1.54, 1.807) is 13.8 Å². The number of aromatic nitrogens is 3. The highest BCUT2D eigenvalue weighted by atomic mass is 32.2. The summed E-state index contributed by atoms with van der Waals surface area (Å²) in [6.07, 6.45) is 3.77. The lowest BCUT2D eigenvalue weighted by molar-refractivity contribution is 0.0894. The van der Waals surface area contributed by atoms with Gasteiger partial charge in [0.2, 0.25) is 10.0 Å². The van der Waals surface area contributed by atoms with Crippen molar-refractivity contribution in [2.75, 3.05) is 19.7 Å². The summed E-state index contributed by atoms with van der Waals surface area (Å²) in [4.78, 5) is 4.60. The molecule has 0 unspecified atom stereocenters. The number of rotatable bonds is 7. The lowest BCUT2D eigenvalue weighted by Crippen LogP contribution is -2.38. The van der Waals surface area contributed by atoms with Crippen molar-refractivity contribution in [3.05, 3.63) is 23.2 Å². The second-order valence-electron chi connectivity index (χ2n) is 7.34. The van der Waals surface area contributed by atoms with Crippen LogP contribution >= 0.6 is 0 Å². The Morgan fingerprint density at radius 2 is 1.85 bits per heavy atom. The minimum absolute atomic E-state index is 0.0852. The highest BCUT2D eigenvalue weighted by Crippen LogP contribution is 2.31. The quantitative estimate of drug-likeness (QED) is 0.700. The SMILES string of the molecule is Cc1noc(C)c1S(=O)(=O)N1CCC(c2noc(COCC3CC3)n2)CC1. The van der Waals surface area contributed by atoms with E-state index in [1.807, 2.05) is 0 Å². The van der Waals surface area contributed by atoms with Gasteiger partial charge in [0, 0.05) is 19.0 Å². The number of hydrogen-bond acceptors (Lipinski definition) is 8. The molecular weight excluding hydrogens is 372 g/mol. The Kier molecular flexibility index (Phi) is 5.04. The predicted octanol–water partition coefficient (Wildman–Crippen LogP) is 2.17. The number of nitrogens with zero attached hydrogens (tertiary/aromatic N) is 4. The highest BCUT2D eigenvalue weighted by molar-refractivity contribution is 7.89. The minimum atomic E-state index is -3.60.